The number of nitrogens with one attached hydrogen (secondary N) is 1. The second-order valence-electron chi connectivity index (χ2n) is 5.80. The number of amides is 1. The summed E-state index contributed by atoms with van der Waals surface area (Å²) in [5, 5.41) is 19.5. The molecule has 8 nitrogen and oxygen atoms in total. The maximum Gasteiger partial charge on any atom is 0.330 e. The molecule has 0 bridgehead atoms. The van der Waals surface area contributed by atoms with Crippen LogP contribution in [0.1, 0.15) is 21.5 Å². The fourth-order valence-electron chi connectivity index (χ4n) is 2.67. The zero-order valence-corrected chi connectivity index (χ0v) is 14.4. The van der Waals surface area contributed by atoms with Crippen LogP contribution in [0.2, 0.25) is 0 Å². The molecule has 0 atom stereocenters. The molecule has 0 saturated carbocycles. The molecular formula is C17H17N3O5S. The number of nitrogens with zero attached hydrogens (tertiary/aromatic N) is 1. The van der Waals surface area contributed by atoms with Gasteiger partial charge < -0.3 is 15.9 Å². The van der Waals surface area contributed by atoms with Gasteiger partial charge in [0, 0.05) is 5.56 Å². The number of phenolic OH excluding ortho intramolecular Hbond substituents is 1. The number of nitrogens with two attached hydrogens (primary N) is 1. The average molecular weight is 375 g/mol. The molecule has 26 heavy (non-hydrogen) atoms. The number of carbonyl (C=O) groups excluding carboxylic acids is 1. The summed E-state index contributed by atoms with van der Waals surface area (Å²) in [4.78, 5) is 11.2. The number of benzene rings is 2. The number of aliphatic hydroxyl groups is 1. The van der Waals surface area contributed by atoms with Crippen LogP contribution in [0.3, 0.4) is 0 Å². The largest absolute Gasteiger partial charge is 0.506 e. The Labute approximate surface area is 150 Å². The maximum absolute atomic E-state index is 11.9. The van der Waals surface area contributed by atoms with Crippen molar-refractivity contribution in [3.8, 4) is 5.75 Å². The zero-order valence-electron chi connectivity index (χ0n) is 13.6. The number of carbonyl (C=O) groups is 1. The number of anilines is 1. The first-order valence-corrected chi connectivity index (χ1v) is 9.14. The number of primary amides is 1. The highest BCUT2D eigenvalue weighted by Gasteiger charge is 2.30. The standard InChI is InChI=1S/C17H17N3O5S/c18-17(23)13-3-1-2-11(8-13)4-5-12-6-7-14(15(21)9-12)20-10-16(22)19-26(20,24)25/h1-3,6-10,19,21-22H,4-5H2,(H2,18,23). The van der Waals surface area contributed by atoms with Crippen molar-refractivity contribution in [2.45, 2.75) is 12.8 Å². The minimum Gasteiger partial charge on any atom is -0.506 e. The minimum absolute atomic E-state index is 0.0287. The molecule has 9 heteroatoms. The van der Waals surface area contributed by atoms with Crippen molar-refractivity contribution >= 4 is 21.8 Å². The van der Waals surface area contributed by atoms with Crippen LogP contribution >= 0.6 is 0 Å². The molecule has 1 amide bonds. The monoisotopic (exact) mass is 375 g/mol. The Morgan fingerprint density at radius 3 is 2.35 bits per heavy atom. The lowest BCUT2D eigenvalue weighted by Crippen LogP contribution is -2.29. The van der Waals surface area contributed by atoms with Gasteiger partial charge >= 0.3 is 10.2 Å². The summed E-state index contributed by atoms with van der Waals surface area (Å²) in [6.07, 6.45) is 2.16. The summed E-state index contributed by atoms with van der Waals surface area (Å²) in [6, 6.07) is 11.6. The van der Waals surface area contributed by atoms with Gasteiger partial charge in [-0.1, -0.05) is 18.2 Å². The third-order valence-corrected chi connectivity index (χ3v) is 5.21. The first-order valence-electron chi connectivity index (χ1n) is 7.70. The number of hydrogen-bond acceptors (Lipinski definition) is 5. The predicted molar refractivity (Wildman–Crippen MR) is 95.7 cm³/mol. The molecule has 1 heterocycles. The molecule has 1 aliphatic heterocycles. The Morgan fingerprint density at radius 2 is 1.77 bits per heavy atom. The van der Waals surface area contributed by atoms with Gasteiger partial charge in [-0.2, -0.15) is 8.42 Å². The number of aliphatic hydroxyl groups excluding tert-OH is 1. The van der Waals surface area contributed by atoms with Crippen LogP contribution < -0.4 is 14.8 Å². The average Bonchev–Trinajstić information content (AvgIpc) is 2.85. The number of aryl methyl sites for hydroxylation is 2. The summed E-state index contributed by atoms with van der Waals surface area (Å²) < 4.78 is 26.4. The van der Waals surface area contributed by atoms with E-state index >= 15 is 0 Å². The molecule has 0 fully saturated rings. The van der Waals surface area contributed by atoms with Gasteiger partial charge in [0.25, 0.3) is 0 Å². The second kappa shape index (κ2) is 6.60. The summed E-state index contributed by atoms with van der Waals surface area (Å²) in [7, 11) is -3.96. The smallest absolute Gasteiger partial charge is 0.330 e. The van der Waals surface area contributed by atoms with Crippen molar-refractivity contribution < 1.29 is 23.4 Å². The first-order chi connectivity index (χ1) is 12.3. The molecule has 5 N–H and O–H groups in total. The van der Waals surface area contributed by atoms with Gasteiger partial charge in [-0.3, -0.25) is 4.79 Å². The van der Waals surface area contributed by atoms with Crippen molar-refractivity contribution in [1.29, 1.82) is 0 Å². The molecular weight excluding hydrogens is 358 g/mol. The van der Waals surface area contributed by atoms with Gasteiger partial charge in [0.15, 0.2) is 0 Å². The van der Waals surface area contributed by atoms with E-state index in [9.17, 15) is 23.4 Å². The molecule has 0 aliphatic carbocycles. The van der Waals surface area contributed by atoms with Crippen LogP contribution in [0, 0.1) is 0 Å². The van der Waals surface area contributed by atoms with E-state index in [2.05, 4.69) is 0 Å². The van der Waals surface area contributed by atoms with Gasteiger partial charge in [0.05, 0.1) is 6.20 Å². The van der Waals surface area contributed by atoms with Crippen molar-refractivity contribution in [2.24, 2.45) is 5.73 Å². The normalized spacial score (nSPS) is 15.4. The molecule has 136 valence electrons. The van der Waals surface area contributed by atoms with Crippen LogP contribution in [0.5, 0.6) is 5.75 Å². The van der Waals surface area contributed by atoms with E-state index in [1.807, 2.05) is 10.8 Å². The van der Waals surface area contributed by atoms with Crippen molar-refractivity contribution in [2.75, 3.05) is 4.31 Å². The number of aromatic hydroxyl groups is 1. The summed E-state index contributed by atoms with van der Waals surface area (Å²) >= 11 is 0. The van der Waals surface area contributed by atoms with Gasteiger partial charge in [-0.05, 0) is 48.2 Å². The highest BCUT2D eigenvalue weighted by molar-refractivity contribution is 7.91. The summed E-state index contributed by atoms with van der Waals surface area (Å²) in [5.41, 5.74) is 7.43. The third kappa shape index (κ3) is 3.57. The van der Waals surface area contributed by atoms with Crippen LogP contribution in [-0.4, -0.2) is 24.5 Å². The molecule has 0 aromatic heterocycles. The van der Waals surface area contributed by atoms with Crippen LogP contribution in [0.25, 0.3) is 0 Å². The number of rotatable bonds is 5. The van der Waals surface area contributed by atoms with Gasteiger partial charge in [-0.25, -0.2) is 9.03 Å². The molecule has 0 radical (unpaired) electrons. The molecule has 0 saturated heterocycles. The third-order valence-electron chi connectivity index (χ3n) is 3.92. The predicted octanol–water partition coefficient (Wildman–Crippen LogP) is 1.29. The van der Waals surface area contributed by atoms with Crippen molar-refractivity contribution in [1.82, 2.24) is 4.72 Å². The summed E-state index contributed by atoms with van der Waals surface area (Å²) in [5.74, 6) is -1.25. The van der Waals surface area contributed by atoms with Crippen LogP contribution in [0.15, 0.2) is 54.5 Å². The first kappa shape index (κ1) is 17.6. The highest BCUT2D eigenvalue weighted by Crippen LogP contribution is 2.32. The Morgan fingerprint density at radius 1 is 1.08 bits per heavy atom. The van der Waals surface area contributed by atoms with E-state index in [1.54, 1.807) is 24.3 Å². The number of phenols is 1. The van der Waals surface area contributed by atoms with E-state index in [0.29, 0.717) is 18.4 Å². The lowest BCUT2D eigenvalue weighted by atomic mass is 10.0. The van der Waals surface area contributed by atoms with Crippen LogP contribution in [-0.2, 0) is 23.1 Å². The van der Waals surface area contributed by atoms with Gasteiger partial charge in [-0.15, -0.1) is 0 Å². The lowest BCUT2D eigenvalue weighted by molar-refractivity contribution is 0.1000. The van der Waals surface area contributed by atoms with Gasteiger partial charge in [0.1, 0.15) is 11.4 Å². The van der Waals surface area contributed by atoms with E-state index in [1.165, 1.54) is 12.1 Å². The second-order valence-corrected chi connectivity index (χ2v) is 7.35. The van der Waals surface area contributed by atoms with Crippen molar-refractivity contribution in [3.05, 3.63) is 71.2 Å². The lowest BCUT2D eigenvalue weighted by Gasteiger charge is -2.16. The minimum atomic E-state index is -3.96. The van der Waals surface area contributed by atoms with Gasteiger partial charge in [0.2, 0.25) is 11.8 Å². The van der Waals surface area contributed by atoms with E-state index < -0.39 is 22.0 Å². The SMILES string of the molecule is NC(=O)c1cccc(CCc2ccc(N3C=C(O)NS3(=O)=O)c(O)c2)c1. The van der Waals surface area contributed by atoms with E-state index in [-0.39, 0.29) is 11.4 Å². The fraction of sp³-hybridized carbons (Fsp3) is 0.118. The molecule has 2 aromatic carbocycles. The Bertz CT molecular complexity index is 1000. The fourth-order valence-corrected chi connectivity index (χ4v) is 3.73. The topological polar surface area (TPSA) is 133 Å². The molecule has 2 aromatic rings. The van der Waals surface area contributed by atoms with E-state index in [0.717, 1.165) is 21.6 Å². The molecule has 3 rings (SSSR count). The Kier molecular flexibility index (Phi) is 4.47. The Balaban J connectivity index is 1.76. The maximum atomic E-state index is 11.9. The molecule has 0 spiro atoms. The quantitative estimate of drug-likeness (QED) is 0.625. The molecule has 1 aliphatic rings. The van der Waals surface area contributed by atoms with Crippen molar-refractivity contribution in [3.63, 3.8) is 0 Å². The Hall–Kier alpha value is -3.20. The zero-order chi connectivity index (χ0) is 18.9. The summed E-state index contributed by atoms with van der Waals surface area (Å²) in [6.45, 7) is 0. The van der Waals surface area contributed by atoms with Crippen LogP contribution in [0.4, 0.5) is 5.69 Å². The van der Waals surface area contributed by atoms with E-state index in [4.69, 9.17) is 5.73 Å². The molecule has 0 unspecified atom stereocenters. The highest BCUT2D eigenvalue weighted by atomic mass is 32.2. The number of hydrogen-bond donors (Lipinski definition) is 4.